The molecule has 1 aromatic carbocycles. The first-order valence-corrected chi connectivity index (χ1v) is 14.5. The lowest BCUT2D eigenvalue weighted by atomic mass is 9.90. The van der Waals surface area contributed by atoms with Gasteiger partial charge in [0.15, 0.2) is 14.9 Å². The van der Waals surface area contributed by atoms with Crippen molar-refractivity contribution in [3.63, 3.8) is 0 Å². The normalized spacial score (nSPS) is 28.2. The molecule has 4 aliphatic rings. The van der Waals surface area contributed by atoms with E-state index in [1.54, 1.807) is 24.3 Å². The lowest BCUT2D eigenvalue weighted by molar-refractivity contribution is 0.00605. The summed E-state index contributed by atoms with van der Waals surface area (Å²) in [6, 6.07) is 8.76. The van der Waals surface area contributed by atoms with Crippen molar-refractivity contribution in [3.8, 4) is 0 Å². The van der Waals surface area contributed by atoms with Gasteiger partial charge in [0.25, 0.3) is 0 Å². The van der Waals surface area contributed by atoms with E-state index in [-0.39, 0.29) is 16.9 Å². The molecule has 4 heterocycles. The number of ether oxygens (including phenoxy) is 1. The van der Waals surface area contributed by atoms with Gasteiger partial charge in [0.1, 0.15) is 11.9 Å². The third-order valence-corrected chi connectivity index (χ3v) is 10.0. The number of methoxy groups -OCH3 is 1. The zero-order valence-corrected chi connectivity index (χ0v) is 21.9. The molecule has 0 bridgehead atoms. The van der Waals surface area contributed by atoms with E-state index in [1.807, 2.05) is 22.4 Å². The Bertz CT molecular complexity index is 1370. The highest BCUT2D eigenvalue weighted by molar-refractivity contribution is 7.92. The molecule has 6 rings (SSSR count). The minimum absolute atomic E-state index is 0.0206. The smallest absolute Gasteiger partial charge is 0.198 e. The van der Waals surface area contributed by atoms with Crippen LogP contribution in [-0.2, 0) is 14.6 Å². The molecule has 1 saturated carbocycles. The molecule has 0 radical (unpaired) electrons. The number of halogens is 1. The molecule has 5 atom stereocenters. The Balaban J connectivity index is 1.35. The summed E-state index contributed by atoms with van der Waals surface area (Å²) in [5, 5.41) is 17.2. The Labute approximate surface area is 221 Å². The fourth-order valence-corrected chi connectivity index (χ4v) is 7.63. The number of hydrogen-bond acceptors (Lipinski definition) is 9. The second kappa shape index (κ2) is 10.1. The maximum atomic E-state index is 14.1. The molecule has 0 spiro atoms. The van der Waals surface area contributed by atoms with Gasteiger partial charge in [-0.15, -0.1) is 5.12 Å². The van der Waals surface area contributed by atoms with Crippen LogP contribution in [0.3, 0.4) is 0 Å². The van der Waals surface area contributed by atoms with Crippen molar-refractivity contribution in [1.82, 2.24) is 25.9 Å². The van der Waals surface area contributed by atoms with E-state index < -0.39 is 33.3 Å². The number of benzene rings is 1. The highest BCUT2D eigenvalue weighted by atomic mass is 32.2. The van der Waals surface area contributed by atoms with Crippen molar-refractivity contribution in [2.24, 2.45) is 0 Å². The summed E-state index contributed by atoms with van der Waals surface area (Å²) >= 11 is 0. The molecule has 11 heteroatoms. The highest BCUT2D eigenvalue weighted by Gasteiger charge is 2.40. The first-order valence-electron chi connectivity index (χ1n) is 13.0. The van der Waals surface area contributed by atoms with Crippen molar-refractivity contribution in [2.45, 2.75) is 60.3 Å². The van der Waals surface area contributed by atoms with Crippen LogP contribution in [0.4, 0.5) is 4.39 Å². The van der Waals surface area contributed by atoms with Gasteiger partial charge in [-0.1, -0.05) is 12.1 Å². The predicted octanol–water partition coefficient (Wildman–Crippen LogP) is 2.50. The van der Waals surface area contributed by atoms with Gasteiger partial charge in [-0.2, -0.15) is 0 Å². The van der Waals surface area contributed by atoms with E-state index in [4.69, 9.17) is 4.74 Å². The molecule has 3 aliphatic heterocycles. The Morgan fingerprint density at radius 1 is 1.18 bits per heavy atom. The van der Waals surface area contributed by atoms with Gasteiger partial charge in [0.2, 0.25) is 0 Å². The van der Waals surface area contributed by atoms with Crippen LogP contribution in [0.2, 0.25) is 0 Å². The Morgan fingerprint density at radius 3 is 2.74 bits per heavy atom. The van der Waals surface area contributed by atoms with E-state index in [9.17, 15) is 17.9 Å². The Morgan fingerprint density at radius 2 is 2.00 bits per heavy atom. The largest absolute Gasteiger partial charge is 0.391 e. The number of hydrogen-bond donors (Lipinski definition) is 3. The van der Waals surface area contributed by atoms with Gasteiger partial charge in [0.05, 0.1) is 29.6 Å². The molecule has 3 N–H and O–H groups in total. The summed E-state index contributed by atoms with van der Waals surface area (Å²) < 4.78 is 47.5. The number of nitrogens with zero attached hydrogens (tertiary/aromatic N) is 3. The summed E-state index contributed by atoms with van der Waals surface area (Å²) in [4.78, 5) is 4.60. The van der Waals surface area contributed by atoms with Gasteiger partial charge < -0.3 is 15.2 Å². The number of sulfone groups is 1. The van der Waals surface area contributed by atoms with Crippen LogP contribution in [-0.4, -0.2) is 66.2 Å². The molecule has 38 heavy (non-hydrogen) atoms. The highest BCUT2D eigenvalue weighted by Crippen LogP contribution is 2.37. The second-order valence-electron chi connectivity index (χ2n) is 10.3. The van der Waals surface area contributed by atoms with Gasteiger partial charge in [-0.25, -0.2) is 23.2 Å². The first kappa shape index (κ1) is 25.6. The van der Waals surface area contributed by atoms with Crippen molar-refractivity contribution < 1.29 is 22.7 Å². The third-order valence-electron chi connectivity index (χ3n) is 7.91. The van der Waals surface area contributed by atoms with E-state index >= 15 is 0 Å². The SMILES string of the molecule is CO[C@@H](c1ccc(F)cc1)c1cc(C2NCCC2O)nc(S(=O)(=O)[C@@H]2CCC3=CN4C=CCN4NC3C2)c1. The van der Waals surface area contributed by atoms with Gasteiger partial charge in [-0.3, -0.25) is 5.01 Å². The number of rotatable bonds is 6. The molecule has 2 fully saturated rings. The van der Waals surface area contributed by atoms with E-state index in [2.05, 4.69) is 21.9 Å². The Hall–Kier alpha value is -2.67. The topological polar surface area (TPSA) is 107 Å². The maximum Gasteiger partial charge on any atom is 0.198 e. The average Bonchev–Trinajstić information content (AvgIpc) is 3.56. The molecule has 0 amide bonds. The number of nitrogens with one attached hydrogen (secondary N) is 2. The molecule has 1 aromatic heterocycles. The van der Waals surface area contributed by atoms with Crippen LogP contribution in [0, 0.1) is 5.82 Å². The molecule has 1 saturated heterocycles. The second-order valence-corrected chi connectivity index (χ2v) is 12.5. The van der Waals surface area contributed by atoms with Gasteiger partial charge in [-0.05, 0) is 79.3 Å². The van der Waals surface area contributed by atoms with Crippen LogP contribution in [0.25, 0.3) is 0 Å². The van der Waals surface area contributed by atoms with E-state index in [1.165, 1.54) is 24.8 Å². The minimum atomic E-state index is -3.81. The number of aromatic nitrogens is 1. The van der Waals surface area contributed by atoms with Crippen LogP contribution in [0.15, 0.2) is 65.5 Å². The molecular weight excluding hydrogens is 509 g/mol. The average molecular weight is 542 g/mol. The fourth-order valence-electron chi connectivity index (χ4n) is 5.88. The molecular formula is C27H32FN5O4S. The lowest BCUT2D eigenvalue weighted by Crippen LogP contribution is -2.55. The number of aliphatic hydroxyl groups is 1. The van der Waals surface area contributed by atoms with Crippen molar-refractivity contribution in [1.29, 1.82) is 0 Å². The van der Waals surface area contributed by atoms with E-state index in [0.717, 1.165) is 6.54 Å². The fraction of sp³-hybridized carbons (Fsp3) is 0.444. The zero-order chi connectivity index (χ0) is 26.4. The van der Waals surface area contributed by atoms with Crippen LogP contribution < -0.4 is 10.7 Å². The quantitative estimate of drug-likeness (QED) is 0.509. The molecule has 202 valence electrons. The number of aliphatic hydroxyl groups excluding tert-OH is 1. The maximum absolute atomic E-state index is 14.1. The van der Waals surface area contributed by atoms with Gasteiger partial charge >= 0.3 is 0 Å². The Kier molecular flexibility index (Phi) is 6.83. The monoisotopic (exact) mass is 541 g/mol. The number of fused-ring (bicyclic) bond motifs is 2. The first-order chi connectivity index (χ1) is 18.3. The standard InChI is InChI=1S/C27H32FN5O4S/c1-37-27(17-3-6-20(28)7-4-17)19-13-23(26-24(34)9-10-29-26)30-25(14-19)38(35,36)21-8-5-18-16-32-11-2-12-33(32)31-22(18)15-21/h2-4,6-7,11,13-14,16,21-22,24,26-27,29,31,34H,5,8-10,12,15H2,1H3/t21-,22?,24?,26?,27+/m1/s1. The summed E-state index contributed by atoms with van der Waals surface area (Å²) in [5.41, 5.74) is 6.38. The van der Waals surface area contributed by atoms with Crippen LogP contribution in [0.5, 0.6) is 0 Å². The third kappa shape index (κ3) is 4.67. The molecule has 1 aliphatic carbocycles. The van der Waals surface area contributed by atoms with Crippen LogP contribution in [0.1, 0.15) is 54.6 Å². The summed E-state index contributed by atoms with van der Waals surface area (Å²) in [7, 11) is -2.28. The van der Waals surface area contributed by atoms with Gasteiger partial charge in [0, 0.05) is 25.6 Å². The summed E-state index contributed by atoms with van der Waals surface area (Å²) in [5.74, 6) is -0.365. The molecule has 3 unspecified atom stereocenters. The van der Waals surface area contributed by atoms with Crippen molar-refractivity contribution in [2.75, 3.05) is 20.2 Å². The predicted molar refractivity (Wildman–Crippen MR) is 138 cm³/mol. The minimum Gasteiger partial charge on any atom is -0.391 e. The van der Waals surface area contributed by atoms with Crippen molar-refractivity contribution in [3.05, 3.63) is 83.1 Å². The lowest BCUT2D eigenvalue weighted by Gasteiger charge is -2.41. The zero-order valence-electron chi connectivity index (χ0n) is 21.1. The summed E-state index contributed by atoms with van der Waals surface area (Å²) in [6.45, 7) is 1.34. The molecule has 2 aromatic rings. The number of hydrazine groups is 2. The number of pyridine rings is 1. The van der Waals surface area contributed by atoms with Crippen LogP contribution >= 0.6 is 0 Å². The summed E-state index contributed by atoms with van der Waals surface area (Å²) in [6.07, 6.45) is 6.99. The van der Waals surface area contributed by atoms with Crippen molar-refractivity contribution >= 4 is 9.84 Å². The van der Waals surface area contributed by atoms with E-state index in [0.29, 0.717) is 49.0 Å². The molecule has 9 nitrogen and oxygen atoms in total.